The highest BCUT2D eigenvalue weighted by Gasteiger charge is 2.21. The number of fused-ring (bicyclic) bond motifs is 2. The summed E-state index contributed by atoms with van der Waals surface area (Å²) in [6.45, 7) is 0. The molecule has 0 unspecified atom stereocenters. The Hall–Kier alpha value is -2.93. The van der Waals surface area contributed by atoms with Gasteiger partial charge in [-0.25, -0.2) is 14.5 Å². The van der Waals surface area contributed by atoms with Crippen molar-refractivity contribution in [1.82, 2.24) is 24.0 Å². The number of nitrogens with zero attached hydrogens (tertiary/aromatic N) is 5. The van der Waals surface area contributed by atoms with E-state index in [1.54, 1.807) is 13.3 Å². The first-order chi connectivity index (χ1) is 13.3. The Labute approximate surface area is 157 Å². The molecule has 1 N–H and O–H groups in total. The maximum atomic E-state index is 5.44. The van der Waals surface area contributed by atoms with Gasteiger partial charge in [0, 0.05) is 49.1 Å². The lowest BCUT2D eigenvalue weighted by atomic mass is 9.93. The van der Waals surface area contributed by atoms with E-state index in [1.807, 2.05) is 33.6 Å². The third-order valence-corrected chi connectivity index (χ3v) is 5.46. The van der Waals surface area contributed by atoms with Gasteiger partial charge in [0.05, 0.1) is 17.8 Å². The van der Waals surface area contributed by atoms with Crippen molar-refractivity contribution in [3.05, 3.63) is 49.2 Å². The van der Waals surface area contributed by atoms with Gasteiger partial charge in [0.25, 0.3) is 0 Å². The second kappa shape index (κ2) is 6.66. The largest absolute Gasteiger partial charge is 0.381 e. The van der Waals surface area contributed by atoms with Crippen molar-refractivity contribution < 1.29 is 4.74 Å². The first-order valence-corrected chi connectivity index (χ1v) is 9.37. The molecule has 0 aromatic carbocycles. The van der Waals surface area contributed by atoms with E-state index in [4.69, 9.17) is 4.74 Å². The monoisotopic (exact) mass is 362 g/mol. The van der Waals surface area contributed by atoms with Crippen LogP contribution in [0.4, 0.5) is 5.95 Å². The molecular formula is C20H22N6O. The van der Waals surface area contributed by atoms with Crippen molar-refractivity contribution in [2.24, 2.45) is 0 Å². The minimum absolute atomic E-state index is 0.395. The van der Waals surface area contributed by atoms with Crippen LogP contribution in [0, 0.1) is 0 Å². The van der Waals surface area contributed by atoms with Crippen molar-refractivity contribution >= 4 is 17.1 Å². The summed E-state index contributed by atoms with van der Waals surface area (Å²) in [6, 6.07) is 6.59. The van der Waals surface area contributed by atoms with E-state index in [1.165, 1.54) is 0 Å². The average Bonchev–Trinajstić information content (AvgIpc) is 3.34. The van der Waals surface area contributed by atoms with Crippen molar-refractivity contribution in [3.63, 3.8) is 0 Å². The lowest BCUT2D eigenvalue weighted by molar-refractivity contribution is 0.0681. The zero-order valence-corrected chi connectivity index (χ0v) is 15.2. The molecule has 1 saturated carbocycles. The normalized spacial score (nSPS) is 20.3. The quantitative estimate of drug-likeness (QED) is 0.602. The summed E-state index contributed by atoms with van der Waals surface area (Å²) >= 11 is 0. The van der Waals surface area contributed by atoms with Gasteiger partial charge in [-0.3, -0.25) is 0 Å². The van der Waals surface area contributed by atoms with Crippen LogP contribution in [0.25, 0.3) is 22.3 Å². The fourth-order valence-electron chi connectivity index (χ4n) is 3.92. The van der Waals surface area contributed by atoms with Gasteiger partial charge in [0.2, 0.25) is 5.95 Å². The summed E-state index contributed by atoms with van der Waals surface area (Å²) < 4.78 is 9.36. The first kappa shape index (κ1) is 16.3. The predicted octanol–water partition coefficient (Wildman–Crippen LogP) is 3.41. The molecule has 0 amide bonds. The Kier molecular flexibility index (Phi) is 4.01. The third kappa shape index (κ3) is 3.04. The average molecular weight is 362 g/mol. The zero-order valence-electron chi connectivity index (χ0n) is 15.2. The number of hydrogen-bond donors (Lipinski definition) is 1. The molecule has 0 atom stereocenters. The molecule has 4 aromatic rings. The second-order valence-electron chi connectivity index (χ2n) is 7.11. The van der Waals surface area contributed by atoms with Crippen LogP contribution in [0.3, 0.4) is 0 Å². The number of methoxy groups -OCH3 is 1. The number of anilines is 1. The number of aromatic nitrogens is 5. The molecule has 1 aliphatic rings. The van der Waals surface area contributed by atoms with Crippen LogP contribution in [0.2, 0.25) is 0 Å². The van der Waals surface area contributed by atoms with Crippen LogP contribution in [0.1, 0.15) is 25.7 Å². The molecule has 5 rings (SSSR count). The number of pyridine rings is 1. The van der Waals surface area contributed by atoms with Crippen LogP contribution in [-0.2, 0) is 4.74 Å². The lowest BCUT2D eigenvalue weighted by Gasteiger charge is -2.28. The van der Waals surface area contributed by atoms with E-state index < -0.39 is 0 Å². The van der Waals surface area contributed by atoms with Gasteiger partial charge in [0.1, 0.15) is 5.65 Å². The second-order valence-corrected chi connectivity index (χ2v) is 7.11. The van der Waals surface area contributed by atoms with Crippen LogP contribution in [0.5, 0.6) is 0 Å². The van der Waals surface area contributed by atoms with Crippen molar-refractivity contribution in [2.75, 3.05) is 12.4 Å². The van der Waals surface area contributed by atoms with Crippen molar-refractivity contribution in [1.29, 1.82) is 0 Å². The number of imidazole rings is 1. The maximum Gasteiger partial charge on any atom is 0.241 e. The van der Waals surface area contributed by atoms with Gasteiger partial charge < -0.3 is 14.5 Å². The van der Waals surface area contributed by atoms with Gasteiger partial charge in [-0.05, 0) is 43.9 Å². The van der Waals surface area contributed by atoms with E-state index in [9.17, 15) is 0 Å². The number of nitrogens with one attached hydrogen (secondary N) is 1. The fraction of sp³-hybridized carbons (Fsp3) is 0.350. The highest BCUT2D eigenvalue weighted by molar-refractivity contribution is 5.80. The number of ether oxygens (including phenoxy) is 1. The summed E-state index contributed by atoms with van der Waals surface area (Å²) in [5.41, 5.74) is 4.15. The smallest absolute Gasteiger partial charge is 0.241 e. The molecule has 27 heavy (non-hydrogen) atoms. The molecule has 4 aromatic heterocycles. The van der Waals surface area contributed by atoms with E-state index in [0.717, 1.165) is 48.0 Å². The summed E-state index contributed by atoms with van der Waals surface area (Å²) in [7, 11) is 1.80. The zero-order chi connectivity index (χ0) is 18.2. The van der Waals surface area contributed by atoms with Gasteiger partial charge in [-0.2, -0.15) is 0 Å². The van der Waals surface area contributed by atoms with Gasteiger partial charge in [0.15, 0.2) is 0 Å². The van der Waals surface area contributed by atoms with Crippen LogP contribution >= 0.6 is 0 Å². The highest BCUT2D eigenvalue weighted by atomic mass is 16.5. The predicted molar refractivity (Wildman–Crippen MR) is 104 cm³/mol. The molecule has 0 aliphatic heterocycles. The van der Waals surface area contributed by atoms with E-state index in [2.05, 4.69) is 38.7 Å². The minimum Gasteiger partial charge on any atom is -0.381 e. The van der Waals surface area contributed by atoms with Crippen LogP contribution < -0.4 is 5.32 Å². The van der Waals surface area contributed by atoms with Gasteiger partial charge in [-0.15, -0.1) is 5.10 Å². The van der Waals surface area contributed by atoms with E-state index >= 15 is 0 Å². The summed E-state index contributed by atoms with van der Waals surface area (Å²) in [4.78, 5) is 8.85. The minimum atomic E-state index is 0.395. The Morgan fingerprint density at radius 2 is 1.96 bits per heavy atom. The summed E-state index contributed by atoms with van der Waals surface area (Å²) in [5.74, 6) is 0.676. The topological polar surface area (TPSA) is 68.8 Å². The summed E-state index contributed by atoms with van der Waals surface area (Å²) in [6.07, 6.45) is 14.4. The van der Waals surface area contributed by atoms with E-state index in [0.29, 0.717) is 18.1 Å². The Bertz CT molecular complexity index is 1080. The molecular weight excluding hydrogens is 340 g/mol. The van der Waals surface area contributed by atoms with E-state index in [-0.39, 0.29) is 0 Å². The number of hydrogen-bond acceptors (Lipinski definition) is 5. The van der Waals surface area contributed by atoms with Crippen molar-refractivity contribution in [2.45, 2.75) is 37.8 Å². The molecule has 0 saturated heterocycles. The fourth-order valence-corrected chi connectivity index (χ4v) is 3.92. The molecule has 0 bridgehead atoms. The van der Waals surface area contributed by atoms with Crippen LogP contribution in [0.15, 0.2) is 49.2 Å². The molecule has 7 nitrogen and oxygen atoms in total. The molecule has 138 valence electrons. The van der Waals surface area contributed by atoms with Gasteiger partial charge in [-0.1, -0.05) is 0 Å². The molecule has 7 heteroatoms. The van der Waals surface area contributed by atoms with Crippen molar-refractivity contribution in [3.8, 4) is 11.1 Å². The molecule has 4 heterocycles. The highest BCUT2D eigenvalue weighted by Crippen LogP contribution is 2.26. The Balaban J connectivity index is 1.39. The Morgan fingerprint density at radius 1 is 1.07 bits per heavy atom. The summed E-state index contributed by atoms with van der Waals surface area (Å²) in [5, 5.41) is 8.13. The first-order valence-electron chi connectivity index (χ1n) is 9.37. The van der Waals surface area contributed by atoms with Gasteiger partial charge >= 0.3 is 0 Å². The maximum absolute atomic E-state index is 5.44. The SMILES string of the molecule is CO[C@H]1CC[C@@H](Nc2ncc3c(-c4ccc5nccn5c4)ccn3n2)CC1. The molecule has 1 aliphatic carbocycles. The number of rotatable bonds is 4. The van der Waals surface area contributed by atoms with Crippen LogP contribution in [-0.4, -0.2) is 43.2 Å². The molecule has 1 fully saturated rings. The Morgan fingerprint density at radius 3 is 2.81 bits per heavy atom. The third-order valence-electron chi connectivity index (χ3n) is 5.46. The lowest BCUT2D eigenvalue weighted by Crippen LogP contribution is -2.30. The molecule has 0 spiro atoms. The molecule has 0 radical (unpaired) electrons. The standard InChI is InChI=1S/C20H22N6O/c1-27-16-5-3-15(4-6-16)23-20-22-12-18-17(8-10-26(18)24-20)14-2-7-19-21-9-11-25(19)13-14/h2,7-13,15-16H,3-6H2,1H3,(H,23,24)/t15-,16+.